The van der Waals surface area contributed by atoms with Crippen molar-refractivity contribution in [2.45, 2.75) is 13.3 Å². The number of nitrogens with two attached hydrogens (primary N) is 1. The molecule has 2 aromatic rings. The van der Waals surface area contributed by atoms with Crippen LogP contribution in [0.25, 0.3) is 10.9 Å². The summed E-state index contributed by atoms with van der Waals surface area (Å²) < 4.78 is 0. The summed E-state index contributed by atoms with van der Waals surface area (Å²) in [4.78, 5) is 14.5. The van der Waals surface area contributed by atoms with Crippen molar-refractivity contribution in [1.82, 2.24) is 4.98 Å². The number of anilines is 2. The van der Waals surface area contributed by atoms with Gasteiger partial charge in [0.25, 0.3) is 5.56 Å². The Morgan fingerprint density at radius 1 is 1.38 bits per heavy atom. The lowest BCUT2D eigenvalue weighted by Gasteiger charge is -2.05. The van der Waals surface area contributed by atoms with E-state index in [1.54, 1.807) is 6.07 Å². The molecule has 0 unspecified atom stereocenters. The van der Waals surface area contributed by atoms with E-state index in [0.717, 1.165) is 23.9 Å². The van der Waals surface area contributed by atoms with E-state index in [9.17, 15) is 4.79 Å². The Hall–Kier alpha value is -1.97. The molecule has 1 aromatic carbocycles. The van der Waals surface area contributed by atoms with Gasteiger partial charge >= 0.3 is 0 Å². The minimum atomic E-state index is -0.105. The van der Waals surface area contributed by atoms with Crippen LogP contribution in [-0.2, 0) is 0 Å². The van der Waals surface area contributed by atoms with Crippen LogP contribution in [0.4, 0.5) is 11.4 Å². The standard InChI is InChI=1S/C12H15N3O/c1-2-5-14-11-6-8-3-4-9(13)7-10(8)15-12(11)16/h3-4,6-7,14H,2,5,13H2,1H3,(H,15,16). The zero-order chi connectivity index (χ0) is 11.5. The first-order valence-electron chi connectivity index (χ1n) is 5.37. The number of aromatic nitrogens is 1. The molecule has 84 valence electrons. The molecule has 2 rings (SSSR count). The second kappa shape index (κ2) is 4.26. The lowest BCUT2D eigenvalue weighted by Crippen LogP contribution is -2.14. The van der Waals surface area contributed by atoms with Crippen LogP contribution in [0.15, 0.2) is 29.1 Å². The summed E-state index contributed by atoms with van der Waals surface area (Å²) in [6.45, 7) is 2.85. The topological polar surface area (TPSA) is 70.9 Å². The molecule has 0 radical (unpaired) electrons. The average molecular weight is 217 g/mol. The van der Waals surface area contributed by atoms with Crippen molar-refractivity contribution in [2.24, 2.45) is 0 Å². The Kier molecular flexibility index (Phi) is 2.81. The molecule has 1 aromatic heterocycles. The zero-order valence-electron chi connectivity index (χ0n) is 9.21. The molecule has 0 aliphatic carbocycles. The highest BCUT2D eigenvalue weighted by molar-refractivity contribution is 5.84. The van der Waals surface area contributed by atoms with Gasteiger partial charge in [-0.1, -0.05) is 13.0 Å². The van der Waals surface area contributed by atoms with Crippen LogP contribution >= 0.6 is 0 Å². The van der Waals surface area contributed by atoms with E-state index >= 15 is 0 Å². The number of hydrogen-bond donors (Lipinski definition) is 3. The zero-order valence-corrected chi connectivity index (χ0v) is 9.21. The van der Waals surface area contributed by atoms with Gasteiger partial charge in [-0.3, -0.25) is 4.79 Å². The summed E-state index contributed by atoms with van der Waals surface area (Å²) in [6.07, 6.45) is 0.985. The summed E-state index contributed by atoms with van der Waals surface area (Å²) in [6, 6.07) is 7.34. The lowest BCUT2D eigenvalue weighted by atomic mass is 10.2. The van der Waals surface area contributed by atoms with Gasteiger partial charge < -0.3 is 16.0 Å². The largest absolute Gasteiger partial charge is 0.399 e. The molecular weight excluding hydrogens is 202 g/mol. The van der Waals surface area contributed by atoms with Crippen molar-refractivity contribution >= 4 is 22.3 Å². The molecule has 4 N–H and O–H groups in total. The van der Waals surface area contributed by atoms with Crippen LogP contribution in [-0.4, -0.2) is 11.5 Å². The highest BCUT2D eigenvalue weighted by Crippen LogP contribution is 2.16. The van der Waals surface area contributed by atoms with Gasteiger partial charge in [0.05, 0.1) is 5.52 Å². The van der Waals surface area contributed by atoms with Gasteiger partial charge in [-0.15, -0.1) is 0 Å². The number of rotatable bonds is 3. The monoisotopic (exact) mass is 217 g/mol. The van der Waals surface area contributed by atoms with E-state index in [1.165, 1.54) is 0 Å². The van der Waals surface area contributed by atoms with Gasteiger partial charge in [-0.05, 0) is 24.6 Å². The first kappa shape index (κ1) is 10.5. The number of H-pyrrole nitrogens is 1. The molecule has 0 amide bonds. The Morgan fingerprint density at radius 2 is 2.19 bits per heavy atom. The van der Waals surface area contributed by atoms with E-state index in [2.05, 4.69) is 17.2 Å². The fourth-order valence-corrected chi connectivity index (χ4v) is 1.61. The number of pyridine rings is 1. The van der Waals surface area contributed by atoms with Gasteiger partial charge in [-0.25, -0.2) is 0 Å². The molecule has 0 aliphatic rings. The average Bonchev–Trinajstić information content (AvgIpc) is 2.26. The molecule has 0 saturated heterocycles. The van der Waals surface area contributed by atoms with Gasteiger partial charge in [0, 0.05) is 17.6 Å². The van der Waals surface area contributed by atoms with Crippen LogP contribution in [0, 0.1) is 0 Å². The molecule has 0 saturated carbocycles. The third-order valence-corrected chi connectivity index (χ3v) is 2.44. The van der Waals surface area contributed by atoms with E-state index in [1.807, 2.05) is 18.2 Å². The van der Waals surface area contributed by atoms with Crippen LogP contribution in [0.2, 0.25) is 0 Å². The van der Waals surface area contributed by atoms with Crippen LogP contribution in [0.3, 0.4) is 0 Å². The van der Waals surface area contributed by atoms with Gasteiger partial charge in [0.15, 0.2) is 0 Å². The van der Waals surface area contributed by atoms with Gasteiger partial charge in [-0.2, -0.15) is 0 Å². The van der Waals surface area contributed by atoms with Crippen molar-refractivity contribution in [2.75, 3.05) is 17.6 Å². The molecule has 0 bridgehead atoms. The number of hydrogen-bond acceptors (Lipinski definition) is 3. The second-order valence-electron chi connectivity index (χ2n) is 3.79. The van der Waals surface area contributed by atoms with Crippen molar-refractivity contribution in [1.29, 1.82) is 0 Å². The van der Waals surface area contributed by atoms with Crippen molar-refractivity contribution in [3.05, 3.63) is 34.6 Å². The number of benzene rings is 1. The number of nitrogens with one attached hydrogen (secondary N) is 2. The van der Waals surface area contributed by atoms with E-state index < -0.39 is 0 Å². The molecular formula is C12H15N3O. The summed E-state index contributed by atoms with van der Waals surface area (Å²) in [5.74, 6) is 0. The number of nitrogen functional groups attached to an aromatic ring is 1. The summed E-state index contributed by atoms with van der Waals surface area (Å²) >= 11 is 0. The van der Waals surface area contributed by atoms with Crippen LogP contribution in [0.1, 0.15) is 13.3 Å². The van der Waals surface area contributed by atoms with Crippen LogP contribution < -0.4 is 16.6 Å². The molecule has 4 nitrogen and oxygen atoms in total. The maximum atomic E-state index is 11.7. The van der Waals surface area contributed by atoms with Crippen LogP contribution in [0.5, 0.6) is 0 Å². The van der Waals surface area contributed by atoms with E-state index in [4.69, 9.17) is 5.73 Å². The Balaban J connectivity index is 2.50. The fourth-order valence-electron chi connectivity index (χ4n) is 1.61. The first-order chi connectivity index (χ1) is 7.70. The number of aromatic amines is 1. The van der Waals surface area contributed by atoms with Gasteiger partial charge in [0.1, 0.15) is 5.69 Å². The molecule has 0 atom stereocenters. The quantitative estimate of drug-likeness (QED) is 0.688. The molecule has 0 spiro atoms. The summed E-state index contributed by atoms with van der Waals surface area (Å²) in [7, 11) is 0. The van der Waals surface area contributed by atoms with Crippen molar-refractivity contribution < 1.29 is 0 Å². The SMILES string of the molecule is CCCNc1cc2ccc(N)cc2[nH]c1=O. The van der Waals surface area contributed by atoms with E-state index in [-0.39, 0.29) is 5.56 Å². The number of fused-ring (bicyclic) bond motifs is 1. The van der Waals surface area contributed by atoms with Gasteiger partial charge in [0.2, 0.25) is 0 Å². The minimum absolute atomic E-state index is 0.105. The maximum absolute atomic E-state index is 11.7. The van der Waals surface area contributed by atoms with Crippen molar-refractivity contribution in [3.63, 3.8) is 0 Å². The third-order valence-electron chi connectivity index (χ3n) is 2.44. The summed E-state index contributed by atoms with van der Waals surface area (Å²) in [5.41, 5.74) is 7.58. The normalized spacial score (nSPS) is 10.6. The molecule has 16 heavy (non-hydrogen) atoms. The lowest BCUT2D eigenvalue weighted by molar-refractivity contribution is 0.975. The van der Waals surface area contributed by atoms with E-state index in [0.29, 0.717) is 11.4 Å². The second-order valence-corrected chi connectivity index (χ2v) is 3.79. The predicted molar refractivity (Wildman–Crippen MR) is 67.8 cm³/mol. The predicted octanol–water partition coefficient (Wildman–Crippen LogP) is 1.93. The third kappa shape index (κ3) is 2.00. The molecule has 4 heteroatoms. The molecule has 0 aliphatic heterocycles. The maximum Gasteiger partial charge on any atom is 0.271 e. The first-order valence-corrected chi connectivity index (χ1v) is 5.37. The van der Waals surface area contributed by atoms with Crippen molar-refractivity contribution in [3.8, 4) is 0 Å². The highest BCUT2D eigenvalue weighted by Gasteiger charge is 2.01. The smallest absolute Gasteiger partial charge is 0.271 e. The minimum Gasteiger partial charge on any atom is -0.399 e. The molecule has 0 fully saturated rings. The Labute approximate surface area is 93.5 Å². The summed E-state index contributed by atoms with van der Waals surface area (Å²) in [5, 5.41) is 4.07. The Bertz CT molecular complexity index is 560. The Morgan fingerprint density at radius 3 is 2.94 bits per heavy atom. The fraction of sp³-hybridized carbons (Fsp3) is 0.250. The molecule has 1 heterocycles. The highest BCUT2D eigenvalue weighted by atomic mass is 16.1.